The molecule has 2 aliphatic carbocycles. The van der Waals surface area contributed by atoms with Crippen LogP contribution in [-0.2, 0) is 11.2 Å². The van der Waals surface area contributed by atoms with Crippen molar-refractivity contribution in [1.82, 2.24) is 0 Å². The number of benzene rings is 7. The lowest BCUT2D eigenvalue weighted by Crippen LogP contribution is -2.29. The van der Waals surface area contributed by atoms with Crippen LogP contribution in [0.25, 0.3) is 42.9 Å². The van der Waals surface area contributed by atoms with Crippen molar-refractivity contribution in [3.05, 3.63) is 238 Å². The summed E-state index contributed by atoms with van der Waals surface area (Å²) >= 11 is 3.97. The van der Waals surface area contributed by atoms with Gasteiger partial charge in [0.05, 0.1) is 5.41 Å². The Bertz CT molecular complexity index is 2790. The van der Waals surface area contributed by atoms with Crippen LogP contribution in [-0.4, -0.2) is 5.25 Å². The van der Waals surface area contributed by atoms with E-state index in [4.69, 9.17) is 0 Å². The topological polar surface area (TPSA) is 0 Å². The number of rotatable bonds is 5. The molecule has 0 amide bonds. The van der Waals surface area contributed by atoms with Crippen LogP contribution in [0.2, 0.25) is 0 Å². The van der Waals surface area contributed by atoms with E-state index < -0.39 is 0 Å². The zero-order valence-corrected chi connectivity index (χ0v) is 31.3. The second-order valence-corrected chi connectivity index (χ2v) is 16.9. The predicted molar refractivity (Wildman–Crippen MR) is 232 cm³/mol. The van der Waals surface area contributed by atoms with E-state index in [0.29, 0.717) is 5.25 Å². The van der Waals surface area contributed by atoms with E-state index in [9.17, 15) is 0 Å². The molecule has 8 aromatic rings. The summed E-state index contributed by atoms with van der Waals surface area (Å²) in [6.45, 7) is 0. The van der Waals surface area contributed by atoms with Gasteiger partial charge in [0.25, 0.3) is 0 Å². The molecule has 3 aliphatic rings. The SMILES string of the molecule is C1=CC2SCc3cc(C4(c5ccccc5)c5ccccc5-c5ccccc54)ccc3C2C=C1/C(=C\c1ccccc1)c1cccc2sc3ccccc3c12. The molecular weight excluding hydrogens is 689 g/mol. The number of thioether (sulfide) groups is 1. The van der Waals surface area contributed by atoms with Gasteiger partial charge in [-0.3, -0.25) is 0 Å². The summed E-state index contributed by atoms with van der Waals surface area (Å²) in [6, 6.07) is 63.3. The van der Waals surface area contributed by atoms with Gasteiger partial charge in [-0.25, -0.2) is 0 Å². The summed E-state index contributed by atoms with van der Waals surface area (Å²) in [5.41, 5.74) is 15.7. The fourth-order valence-corrected chi connectivity index (χ4v) is 11.9. The first kappa shape index (κ1) is 31.8. The first-order chi connectivity index (χ1) is 26.8. The van der Waals surface area contributed by atoms with Gasteiger partial charge in [0.2, 0.25) is 0 Å². The quantitative estimate of drug-likeness (QED) is 0.159. The van der Waals surface area contributed by atoms with Crippen molar-refractivity contribution in [2.75, 3.05) is 0 Å². The Balaban J connectivity index is 1.08. The van der Waals surface area contributed by atoms with Gasteiger partial charge in [0.15, 0.2) is 0 Å². The highest BCUT2D eigenvalue weighted by Crippen LogP contribution is 2.57. The molecule has 256 valence electrons. The van der Waals surface area contributed by atoms with E-state index in [-0.39, 0.29) is 11.3 Å². The van der Waals surface area contributed by atoms with Gasteiger partial charge in [0, 0.05) is 37.1 Å². The number of hydrogen-bond acceptors (Lipinski definition) is 2. The van der Waals surface area contributed by atoms with E-state index in [1.54, 1.807) is 0 Å². The molecule has 1 aromatic heterocycles. The minimum absolute atomic E-state index is 0.279. The number of allylic oxidation sites excluding steroid dienone is 4. The molecule has 0 bridgehead atoms. The highest BCUT2D eigenvalue weighted by atomic mass is 32.2. The van der Waals surface area contributed by atoms with Crippen molar-refractivity contribution in [3.63, 3.8) is 0 Å². The molecule has 2 unspecified atom stereocenters. The minimum atomic E-state index is -0.383. The number of fused-ring (bicyclic) bond motifs is 9. The lowest BCUT2D eigenvalue weighted by molar-refractivity contribution is 0.760. The minimum Gasteiger partial charge on any atom is -0.149 e. The van der Waals surface area contributed by atoms with Gasteiger partial charge >= 0.3 is 0 Å². The van der Waals surface area contributed by atoms with Gasteiger partial charge in [0.1, 0.15) is 0 Å². The van der Waals surface area contributed by atoms with Gasteiger partial charge in [-0.2, -0.15) is 0 Å². The van der Waals surface area contributed by atoms with Crippen LogP contribution in [0.15, 0.2) is 194 Å². The summed E-state index contributed by atoms with van der Waals surface area (Å²) in [4.78, 5) is 0. The van der Waals surface area contributed by atoms with E-state index >= 15 is 0 Å². The van der Waals surface area contributed by atoms with Crippen LogP contribution in [0.1, 0.15) is 50.4 Å². The normalized spacial score (nSPS) is 18.1. The molecule has 0 fully saturated rings. The lowest BCUT2D eigenvalue weighted by atomic mass is 9.67. The first-order valence-electron chi connectivity index (χ1n) is 18.8. The summed E-state index contributed by atoms with van der Waals surface area (Å²) in [7, 11) is 0. The zero-order valence-electron chi connectivity index (χ0n) is 29.7. The van der Waals surface area contributed by atoms with E-state index in [1.165, 1.54) is 87.0 Å². The Hall–Kier alpha value is -5.67. The maximum atomic E-state index is 2.57. The fraction of sp³-hybridized carbons (Fsp3) is 0.0769. The molecule has 11 rings (SSSR count). The largest absolute Gasteiger partial charge is 0.149 e. The lowest BCUT2D eigenvalue weighted by Gasteiger charge is -2.37. The fourth-order valence-electron chi connectivity index (χ4n) is 9.49. The Morgan fingerprint density at radius 3 is 2.09 bits per heavy atom. The number of hydrogen-bond donors (Lipinski definition) is 0. The molecule has 7 aromatic carbocycles. The Morgan fingerprint density at radius 1 is 0.611 bits per heavy atom. The standard InChI is InChI=1S/C52H36S2/c1-3-14-34(15-4-1)30-44(42-21-13-25-50-51(42)43-20-9-12-24-49(43)54-50)35-26-29-48-45(32-35)39-28-27-38(31-36(39)33-53-48)52(37-16-5-2-6-17-37)46-22-10-7-18-40(46)41-19-8-11-23-47(41)52/h1-32,45,48H,33H2/b44-30+. The second-order valence-electron chi connectivity index (χ2n) is 14.6. The summed E-state index contributed by atoms with van der Waals surface area (Å²) in [6.07, 6.45) is 9.84. The average Bonchev–Trinajstić information content (AvgIpc) is 3.77. The van der Waals surface area contributed by atoms with Crippen molar-refractivity contribution in [1.29, 1.82) is 0 Å². The highest BCUT2D eigenvalue weighted by molar-refractivity contribution is 7.99. The van der Waals surface area contributed by atoms with Crippen molar-refractivity contribution in [2.24, 2.45) is 0 Å². The Kier molecular flexibility index (Phi) is 7.50. The molecule has 0 N–H and O–H groups in total. The third-order valence-corrected chi connectivity index (χ3v) is 14.3. The summed E-state index contributed by atoms with van der Waals surface area (Å²) in [5, 5.41) is 3.08. The molecular formula is C52H36S2. The molecule has 0 spiro atoms. The van der Waals surface area contributed by atoms with Gasteiger partial charge in [-0.15, -0.1) is 23.1 Å². The summed E-state index contributed by atoms with van der Waals surface area (Å²) in [5.74, 6) is 1.28. The Morgan fingerprint density at radius 2 is 1.30 bits per heavy atom. The molecule has 2 atom stereocenters. The third-order valence-electron chi connectivity index (χ3n) is 11.8. The third kappa shape index (κ3) is 4.83. The van der Waals surface area contributed by atoms with Gasteiger partial charge in [-0.05, 0) is 85.0 Å². The van der Waals surface area contributed by atoms with Crippen LogP contribution in [0, 0.1) is 0 Å². The molecule has 0 radical (unpaired) electrons. The maximum Gasteiger partial charge on any atom is 0.0713 e. The monoisotopic (exact) mass is 724 g/mol. The van der Waals surface area contributed by atoms with Gasteiger partial charge in [-0.1, -0.05) is 176 Å². The maximum absolute atomic E-state index is 2.57. The Labute approximate surface area is 324 Å². The molecule has 0 saturated heterocycles. The van der Waals surface area contributed by atoms with Crippen LogP contribution in [0.3, 0.4) is 0 Å². The molecule has 1 aliphatic heterocycles. The number of thiophene rings is 1. The molecule has 0 saturated carbocycles. The molecule has 2 heteroatoms. The van der Waals surface area contributed by atoms with Crippen molar-refractivity contribution < 1.29 is 0 Å². The average molecular weight is 725 g/mol. The van der Waals surface area contributed by atoms with Crippen LogP contribution >= 0.6 is 23.1 Å². The van der Waals surface area contributed by atoms with Crippen LogP contribution < -0.4 is 0 Å². The van der Waals surface area contributed by atoms with Crippen molar-refractivity contribution >= 4 is 54.9 Å². The molecule has 2 heterocycles. The first-order valence-corrected chi connectivity index (χ1v) is 20.7. The molecule has 0 nitrogen and oxygen atoms in total. The molecule has 54 heavy (non-hydrogen) atoms. The van der Waals surface area contributed by atoms with E-state index in [1.807, 2.05) is 11.3 Å². The highest BCUT2D eigenvalue weighted by Gasteiger charge is 2.46. The van der Waals surface area contributed by atoms with Crippen molar-refractivity contribution in [2.45, 2.75) is 22.3 Å². The summed E-state index contributed by atoms with van der Waals surface area (Å²) < 4.78 is 2.67. The van der Waals surface area contributed by atoms with Crippen molar-refractivity contribution in [3.8, 4) is 11.1 Å². The van der Waals surface area contributed by atoms with Crippen LogP contribution in [0.5, 0.6) is 0 Å². The smallest absolute Gasteiger partial charge is 0.0713 e. The zero-order chi connectivity index (χ0) is 35.6. The predicted octanol–water partition coefficient (Wildman–Crippen LogP) is 13.9. The second kappa shape index (κ2) is 12.7. The van der Waals surface area contributed by atoms with E-state index in [0.717, 1.165) is 5.75 Å². The van der Waals surface area contributed by atoms with Crippen LogP contribution in [0.4, 0.5) is 0 Å². The van der Waals surface area contributed by atoms with E-state index in [2.05, 4.69) is 206 Å². The van der Waals surface area contributed by atoms with Gasteiger partial charge < -0.3 is 0 Å².